The van der Waals surface area contributed by atoms with E-state index < -0.39 is 0 Å². The summed E-state index contributed by atoms with van der Waals surface area (Å²) in [7, 11) is 0. The van der Waals surface area contributed by atoms with Crippen LogP contribution in [0.25, 0.3) is 64.3 Å². The largest absolute Gasteiger partial charge is 0.308 e. The summed E-state index contributed by atoms with van der Waals surface area (Å²) in [5.41, 5.74) is 13.8. The molecule has 0 atom stereocenters. The van der Waals surface area contributed by atoms with E-state index in [0.717, 1.165) is 5.69 Å². The van der Waals surface area contributed by atoms with Crippen LogP contribution in [0.3, 0.4) is 0 Å². The first kappa shape index (κ1) is 29.9. The molecule has 10 rings (SSSR count). The van der Waals surface area contributed by atoms with Crippen molar-refractivity contribution in [3.8, 4) is 33.4 Å². The van der Waals surface area contributed by atoms with Crippen molar-refractivity contribution >= 4 is 59.3 Å². The van der Waals surface area contributed by atoms with E-state index in [9.17, 15) is 0 Å². The molecule has 0 fully saturated rings. The molecular weight excluding hydrogens is 635 g/mol. The molecule has 2 heteroatoms. The van der Waals surface area contributed by atoms with Gasteiger partial charge >= 0.3 is 0 Å². The standard InChI is InChI=1S/C49H35NS/c1-49(2)42-19-7-5-16-41(42)47-43(49)20-11-21-44(47)50(45-22-10-18-40-39-15-6-8-23-46(39)51-48(40)45)36-30-28-33(29-31-36)32-24-26-35(27-25-32)38-17-9-13-34-12-3-4-14-37(34)38/h3-31H,1-2H3. The molecule has 242 valence electrons. The second kappa shape index (κ2) is 11.6. The summed E-state index contributed by atoms with van der Waals surface area (Å²) >= 11 is 1.88. The molecule has 1 aromatic heterocycles. The van der Waals surface area contributed by atoms with Crippen molar-refractivity contribution in [2.24, 2.45) is 0 Å². The van der Waals surface area contributed by atoms with Gasteiger partial charge in [-0.3, -0.25) is 0 Å². The number of nitrogens with zero attached hydrogens (tertiary/aromatic N) is 1. The first-order valence-electron chi connectivity index (χ1n) is 17.7. The summed E-state index contributed by atoms with van der Waals surface area (Å²) in [6.45, 7) is 4.72. The molecule has 0 saturated heterocycles. The summed E-state index contributed by atoms with van der Waals surface area (Å²) in [6, 6.07) is 64.8. The molecule has 51 heavy (non-hydrogen) atoms. The summed E-state index contributed by atoms with van der Waals surface area (Å²) in [5, 5.41) is 5.16. The van der Waals surface area contributed by atoms with Crippen LogP contribution in [-0.4, -0.2) is 0 Å². The van der Waals surface area contributed by atoms with E-state index in [-0.39, 0.29) is 5.41 Å². The van der Waals surface area contributed by atoms with Gasteiger partial charge in [-0.2, -0.15) is 0 Å². The van der Waals surface area contributed by atoms with Crippen molar-refractivity contribution in [1.29, 1.82) is 0 Å². The molecule has 0 spiro atoms. The summed E-state index contributed by atoms with van der Waals surface area (Å²) in [6.07, 6.45) is 0. The highest BCUT2D eigenvalue weighted by Gasteiger charge is 2.37. The van der Waals surface area contributed by atoms with Gasteiger partial charge in [-0.1, -0.05) is 159 Å². The monoisotopic (exact) mass is 669 g/mol. The second-order valence-corrected chi connectivity index (χ2v) is 15.2. The lowest BCUT2D eigenvalue weighted by Crippen LogP contribution is -2.16. The highest BCUT2D eigenvalue weighted by molar-refractivity contribution is 7.26. The van der Waals surface area contributed by atoms with E-state index in [1.165, 1.54) is 86.8 Å². The Hall–Kier alpha value is -5.96. The molecule has 1 aliphatic carbocycles. The first-order valence-corrected chi connectivity index (χ1v) is 18.5. The van der Waals surface area contributed by atoms with E-state index in [4.69, 9.17) is 0 Å². The predicted octanol–water partition coefficient (Wildman–Crippen LogP) is 14.3. The van der Waals surface area contributed by atoms with Crippen LogP contribution in [0, 0.1) is 0 Å². The average molecular weight is 670 g/mol. The quantitative estimate of drug-likeness (QED) is 0.176. The van der Waals surface area contributed by atoms with Crippen molar-refractivity contribution in [3.63, 3.8) is 0 Å². The van der Waals surface area contributed by atoms with Gasteiger partial charge in [-0.05, 0) is 80.0 Å². The minimum Gasteiger partial charge on any atom is -0.308 e. The van der Waals surface area contributed by atoms with Crippen LogP contribution in [0.15, 0.2) is 176 Å². The molecule has 0 radical (unpaired) electrons. The number of thiophene rings is 1. The van der Waals surface area contributed by atoms with Crippen molar-refractivity contribution in [3.05, 3.63) is 187 Å². The van der Waals surface area contributed by atoms with E-state index >= 15 is 0 Å². The Kier molecular flexibility index (Phi) is 6.78. The zero-order valence-corrected chi connectivity index (χ0v) is 29.4. The molecule has 0 unspecified atom stereocenters. The summed E-state index contributed by atoms with van der Waals surface area (Å²) < 4.78 is 2.61. The fraction of sp³-hybridized carbons (Fsp3) is 0.0612. The first-order chi connectivity index (χ1) is 25.1. The molecule has 9 aromatic rings. The van der Waals surface area contributed by atoms with Crippen LogP contribution < -0.4 is 4.90 Å². The van der Waals surface area contributed by atoms with Crippen LogP contribution in [0.2, 0.25) is 0 Å². The Bertz CT molecular complexity index is 2760. The lowest BCUT2D eigenvalue weighted by molar-refractivity contribution is 0.660. The SMILES string of the molecule is CC1(C)c2ccccc2-c2c(N(c3ccc(-c4ccc(-c5cccc6ccccc56)cc4)cc3)c3cccc4c3sc3ccccc34)cccc21. The Balaban J connectivity index is 1.12. The number of fused-ring (bicyclic) bond motifs is 7. The number of hydrogen-bond donors (Lipinski definition) is 0. The van der Waals surface area contributed by atoms with Gasteiger partial charge in [-0.25, -0.2) is 0 Å². The fourth-order valence-corrected chi connectivity index (χ4v) is 9.57. The Morgan fingerprint density at radius 3 is 1.84 bits per heavy atom. The van der Waals surface area contributed by atoms with Crippen molar-refractivity contribution in [2.75, 3.05) is 4.90 Å². The molecule has 0 aliphatic heterocycles. The molecule has 0 saturated carbocycles. The van der Waals surface area contributed by atoms with Crippen LogP contribution in [0.5, 0.6) is 0 Å². The normalized spacial score (nSPS) is 13.1. The predicted molar refractivity (Wildman–Crippen MR) is 220 cm³/mol. The van der Waals surface area contributed by atoms with Gasteiger partial charge in [0.1, 0.15) is 0 Å². The molecule has 0 amide bonds. The smallest absolute Gasteiger partial charge is 0.0640 e. The third-order valence-electron chi connectivity index (χ3n) is 10.9. The highest BCUT2D eigenvalue weighted by atomic mass is 32.1. The third-order valence-corrected chi connectivity index (χ3v) is 12.1. The Morgan fingerprint density at radius 1 is 0.431 bits per heavy atom. The number of hydrogen-bond acceptors (Lipinski definition) is 2. The summed E-state index contributed by atoms with van der Waals surface area (Å²) in [5.74, 6) is 0. The van der Waals surface area contributed by atoms with E-state index in [1.54, 1.807) is 0 Å². The molecule has 8 aromatic carbocycles. The zero-order valence-electron chi connectivity index (χ0n) is 28.6. The average Bonchev–Trinajstić information content (AvgIpc) is 3.68. The Morgan fingerprint density at radius 2 is 1.00 bits per heavy atom. The van der Waals surface area contributed by atoms with E-state index in [2.05, 4.69) is 195 Å². The van der Waals surface area contributed by atoms with Crippen LogP contribution in [0.4, 0.5) is 17.1 Å². The lowest BCUT2D eigenvalue weighted by atomic mass is 9.82. The maximum atomic E-state index is 2.50. The third kappa shape index (κ3) is 4.67. The van der Waals surface area contributed by atoms with E-state index in [0.29, 0.717) is 0 Å². The summed E-state index contributed by atoms with van der Waals surface area (Å²) in [4.78, 5) is 2.50. The second-order valence-electron chi connectivity index (χ2n) is 14.1. The van der Waals surface area contributed by atoms with Crippen molar-refractivity contribution in [2.45, 2.75) is 19.3 Å². The number of rotatable bonds is 5. The molecule has 0 bridgehead atoms. The maximum absolute atomic E-state index is 2.50. The van der Waals surface area contributed by atoms with Gasteiger partial charge in [0.25, 0.3) is 0 Å². The fourth-order valence-electron chi connectivity index (χ4n) is 8.36. The van der Waals surface area contributed by atoms with Crippen LogP contribution >= 0.6 is 11.3 Å². The minimum atomic E-state index is -0.0840. The molecule has 1 aliphatic rings. The minimum absolute atomic E-state index is 0.0840. The van der Waals surface area contributed by atoms with Gasteiger partial charge in [-0.15, -0.1) is 11.3 Å². The Labute approximate surface area is 302 Å². The topological polar surface area (TPSA) is 3.24 Å². The lowest BCUT2D eigenvalue weighted by Gasteiger charge is -2.29. The molecule has 0 N–H and O–H groups in total. The number of anilines is 3. The van der Waals surface area contributed by atoms with Crippen molar-refractivity contribution in [1.82, 2.24) is 0 Å². The zero-order chi connectivity index (χ0) is 34.1. The highest BCUT2D eigenvalue weighted by Crippen LogP contribution is 2.55. The van der Waals surface area contributed by atoms with Gasteiger partial charge in [0, 0.05) is 32.1 Å². The molecule has 1 nitrogen and oxygen atoms in total. The van der Waals surface area contributed by atoms with Crippen molar-refractivity contribution < 1.29 is 0 Å². The maximum Gasteiger partial charge on any atom is 0.0640 e. The van der Waals surface area contributed by atoms with Crippen LogP contribution in [-0.2, 0) is 5.41 Å². The number of benzene rings is 8. The van der Waals surface area contributed by atoms with Gasteiger partial charge in [0.05, 0.1) is 16.1 Å². The molecule has 1 heterocycles. The van der Waals surface area contributed by atoms with Gasteiger partial charge < -0.3 is 4.90 Å². The van der Waals surface area contributed by atoms with Gasteiger partial charge in [0.2, 0.25) is 0 Å². The van der Waals surface area contributed by atoms with E-state index in [1.807, 2.05) is 11.3 Å². The van der Waals surface area contributed by atoms with Gasteiger partial charge in [0.15, 0.2) is 0 Å². The van der Waals surface area contributed by atoms with Crippen LogP contribution in [0.1, 0.15) is 25.0 Å². The molecular formula is C49H35NS.